The van der Waals surface area contributed by atoms with Crippen molar-refractivity contribution in [1.29, 1.82) is 0 Å². The van der Waals surface area contributed by atoms with Crippen molar-refractivity contribution >= 4 is 39.9 Å². The Hall–Kier alpha value is -3.05. The van der Waals surface area contributed by atoms with E-state index < -0.39 is 23.4 Å². The summed E-state index contributed by atoms with van der Waals surface area (Å²) in [7, 11) is 0. The summed E-state index contributed by atoms with van der Waals surface area (Å²) in [5.74, 6) is -1.75. The molecule has 1 aromatic carbocycles. The van der Waals surface area contributed by atoms with Gasteiger partial charge in [0.15, 0.2) is 5.60 Å². The smallest absolute Gasteiger partial charge is 0.335 e. The summed E-state index contributed by atoms with van der Waals surface area (Å²) in [6, 6.07) is 4.16. The van der Waals surface area contributed by atoms with Gasteiger partial charge in [0.25, 0.3) is 5.91 Å². The molecule has 1 atom stereocenters. The Morgan fingerprint density at radius 1 is 1.37 bits per heavy atom. The fourth-order valence-electron chi connectivity index (χ4n) is 3.35. The number of carboxylic acid groups (broad SMARTS) is 1. The van der Waals surface area contributed by atoms with Gasteiger partial charge in [-0.25, -0.2) is 4.79 Å². The van der Waals surface area contributed by atoms with Gasteiger partial charge in [-0.15, -0.1) is 10.2 Å². The van der Waals surface area contributed by atoms with Crippen molar-refractivity contribution in [2.24, 2.45) is 0 Å². The Morgan fingerprint density at radius 2 is 2.17 bits per heavy atom. The summed E-state index contributed by atoms with van der Waals surface area (Å²) in [6.07, 6.45) is 1.74. The second kappa shape index (κ2) is 7.65. The predicted octanol–water partition coefficient (Wildman–Crippen LogP) is 2.23. The van der Waals surface area contributed by atoms with Gasteiger partial charge in [-0.1, -0.05) is 11.3 Å². The number of benzene rings is 1. The van der Waals surface area contributed by atoms with E-state index in [1.807, 2.05) is 0 Å². The maximum atomic E-state index is 12.9. The van der Waals surface area contributed by atoms with Gasteiger partial charge in [-0.2, -0.15) is 0 Å². The molecule has 1 unspecified atom stereocenters. The van der Waals surface area contributed by atoms with Crippen LogP contribution in [0.15, 0.2) is 18.2 Å². The lowest BCUT2D eigenvalue weighted by Gasteiger charge is -2.38. The topological polar surface area (TPSA) is 131 Å². The van der Waals surface area contributed by atoms with E-state index >= 15 is 0 Å². The van der Waals surface area contributed by atoms with Crippen molar-refractivity contribution in [3.05, 3.63) is 28.8 Å². The number of carboxylic acids is 1. The van der Waals surface area contributed by atoms with Crippen molar-refractivity contribution in [2.45, 2.75) is 38.4 Å². The Balaban J connectivity index is 1.52. The minimum Gasteiger partial charge on any atom is -0.478 e. The fraction of sp³-hybridized carbons (Fsp3) is 0.421. The Bertz CT molecular complexity index is 1010. The number of nitrogens with one attached hydrogen (secondary N) is 1. The highest BCUT2D eigenvalue weighted by atomic mass is 32.1. The van der Waals surface area contributed by atoms with Gasteiger partial charge in [0, 0.05) is 6.61 Å². The number of carbonyl (C=O) groups is 3. The van der Waals surface area contributed by atoms with E-state index in [0.717, 1.165) is 12.8 Å². The third kappa shape index (κ3) is 3.85. The highest BCUT2D eigenvalue weighted by Gasteiger charge is 2.42. The zero-order valence-electron chi connectivity index (χ0n) is 16.4. The van der Waals surface area contributed by atoms with Crippen LogP contribution >= 0.6 is 11.3 Å². The summed E-state index contributed by atoms with van der Waals surface area (Å²) in [5, 5.41) is 20.9. The summed E-state index contributed by atoms with van der Waals surface area (Å²) in [5.41, 5.74) is -0.893. The summed E-state index contributed by atoms with van der Waals surface area (Å²) in [4.78, 5) is 38.0. The molecular formula is C19H20N4O6S. The summed E-state index contributed by atoms with van der Waals surface area (Å²) in [6.45, 7) is 3.54. The molecule has 2 aromatic rings. The van der Waals surface area contributed by atoms with E-state index in [0.29, 0.717) is 22.4 Å². The van der Waals surface area contributed by atoms with Gasteiger partial charge >= 0.3 is 5.97 Å². The number of ether oxygens (including phenoxy) is 2. The maximum absolute atomic E-state index is 12.9. The van der Waals surface area contributed by atoms with Crippen LogP contribution in [0.2, 0.25) is 0 Å². The van der Waals surface area contributed by atoms with Crippen LogP contribution in [0.1, 0.15) is 48.2 Å². The molecule has 0 radical (unpaired) electrons. The molecule has 2 aliphatic rings. The number of aromatic nitrogens is 2. The quantitative estimate of drug-likeness (QED) is 0.735. The summed E-state index contributed by atoms with van der Waals surface area (Å²) < 4.78 is 11.3. The zero-order valence-corrected chi connectivity index (χ0v) is 17.2. The van der Waals surface area contributed by atoms with Crippen LogP contribution in [0.3, 0.4) is 0 Å². The lowest BCUT2D eigenvalue weighted by atomic mass is 10.0. The predicted molar refractivity (Wildman–Crippen MR) is 107 cm³/mol. The number of hydrogen-bond donors (Lipinski definition) is 2. The lowest BCUT2D eigenvalue weighted by Crippen LogP contribution is -2.54. The van der Waals surface area contributed by atoms with Gasteiger partial charge in [0.1, 0.15) is 23.4 Å². The number of anilines is 2. The van der Waals surface area contributed by atoms with Crippen LogP contribution in [0.4, 0.5) is 10.8 Å². The van der Waals surface area contributed by atoms with Gasteiger partial charge in [0.2, 0.25) is 11.0 Å². The average molecular weight is 432 g/mol. The van der Waals surface area contributed by atoms with Crippen molar-refractivity contribution in [1.82, 2.24) is 10.2 Å². The largest absolute Gasteiger partial charge is 0.478 e. The Labute approximate surface area is 175 Å². The number of aromatic carboxylic acids is 1. The molecule has 158 valence electrons. The fourth-order valence-corrected chi connectivity index (χ4v) is 4.20. The zero-order chi connectivity index (χ0) is 21.5. The third-order valence-corrected chi connectivity index (χ3v) is 5.75. The highest BCUT2D eigenvalue weighted by Crippen LogP contribution is 2.38. The maximum Gasteiger partial charge on any atom is 0.335 e. The van der Waals surface area contributed by atoms with Crippen molar-refractivity contribution in [3.8, 4) is 5.75 Å². The van der Waals surface area contributed by atoms with Crippen LogP contribution in [-0.2, 0) is 14.3 Å². The first-order valence-electron chi connectivity index (χ1n) is 9.38. The minimum atomic E-state index is -1.25. The van der Waals surface area contributed by atoms with E-state index in [2.05, 4.69) is 15.5 Å². The van der Waals surface area contributed by atoms with Crippen molar-refractivity contribution in [3.63, 3.8) is 0 Å². The molecule has 3 heterocycles. The van der Waals surface area contributed by atoms with Crippen LogP contribution in [-0.4, -0.2) is 51.8 Å². The Morgan fingerprint density at radius 3 is 2.87 bits per heavy atom. The molecule has 4 rings (SSSR count). The van der Waals surface area contributed by atoms with E-state index in [1.54, 1.807) is 13.8 Å². The van der Waals surface area contributed by atoms with Crippen LogP contribution in [0, 0.1) is 0 Å². The molecule has 2 aliphatic heterocycles. The molecule has 0 aliphatic carbocycles. The van der Waals surface area contributed by atoms with E-state index in [1.165, 1.54) is 34.4 Å². The molecule has 30 heavy (non-hydrogen) atoms. The Kier molecular flexibility index (Phi) is 5.16. The molecule has 0 saturated carbocycles. The second-order valence-corrected chi connectivity index (χ2v) is 8.50. The lowest BCUT2D eigenvalue weighted by molar-refractivity contribution is -0.133. The van der Waals surface area contributed by atoms with Crippen molar-refractivity contribution in [2.75, 3.05) is 23.4 Å². The molecule has 2 N–H and O–H groups in total. The average Bonchev–Trinajstić information content (AvgIpc) is 3.36. The van der Waals surface area contributed by atoms with Gasteiger partial charge < -0.3 is 14.6 Å². The molecule has 10 nitrogen and oxygen atoms in total. The number of amides is 2. The third-order valence-electron chi connectivity index (χ3n) is 4.82. The molecule has 2 amide bonds. The molecule has 0 spiro atoms. The van der Waals surface area contributed by atoms with E-state index in [9.17, 15) is 19.5 Å². The van der Waals surface area contributed by atoms with Gasteiger partial charge in [0.05, 0.1) is 11.3 Å². The highest BCUT2D eigenvalue weighted by molar-refractivity contribution is 7.15. The number of hydrogen-bond acceptors (Lipinski definition) is 8. The first-order chi connectivity index (χ1) is 14.2. The molecule has 1 fully saturated rings. The standard InChI is InChI=1S/C19H20N4O6S/c1-19(2)17(27)23(11-6-5-10(16(25)26)8-13(11)29-19)9-14(24)20-18-22-21-15(30-18)12-4-3-7-28-12/h5-6,8,12H,3-4,7,9H2,1-2H3,(H,25,26)(H,20,22,24). The molecule has 1 saturated heterocycles. The monoisotopic (exact) mass is 432 g/mol. The van der Waals surface area contributed by atoms with Crippen LogP contribution < -0.4 is 15.0 Å². The van der Waals surface area contributed by atoms with Crippen LogP contribution in [0.5, 0.6) is 5.75 Å². The molecular weight excluding hydrogens is 412 g/mol. The van der Waals surface area contributed by atoms with Gasteiger partial charge in [-0.05, 0) is 44.9 Å². The molecule has 1 aromatic heterocycles. The number of carbonyl (C=O) groups excluding carboxylic acids is 2. The summed E-state index contributed by atoms with van der Waals surface area (Å²) >= 11 is 1.24. The van der Waals surface area contributed by atoms with E-state index in [4.69, 9.17) is 9.47 Å². The first-order valence-corrected chi connectivity index (χ1v) is 10.2. The number of rotatable bonds is 5. The minimum absolute atomic E-state index is 0.0267. The number of nitrogens with zero attached hydrogens (tertiary/aromatic N) is 3. The normalized spacial score (nSPS) is 19.9. The molecule has 11 heteroatoms. The first kappa shape index (κ1) is 20.2. The van der Waals surface area contributed by atoms with Crippen LogP contribution in [0.25, 0.3) is 0 Å². The second-order valence-electron chi connectivity index (χ2n) is 7.49. The van der Waals surface area contributed by atoms with Gasteiger partial charge in [-0.3, -0.25) is 19.8 Å². The SMILES string of the molecule is CC1(C)Oc2cc(C(=O)O)ccc2N(CC(=O)Nc2nnc(C3CCCO3)s2)C1=O. The van der Waals surface area contributed by atoms with Crippen molar-refractivity contribution < 1.29 is 29.0 Å². The number of fused-ring (bicyclic) bond motifs is 1. The molecule has 0 bridgehead atoms. The van der Waals surface area contributed by atoms with E-state index in [-0.39, 0.29) is 24.0 Å².